The van der Waals surface area contributed by atoms with E-state index >= 15 is 0 Å². The zero-order valence-corrected chi connectivity index (χ0v) is 18.7. The molecule has 2 N–H and O–H groups in total. The number of hydrogen-bond donors (Lipinski definition) is 2. The maximum atomic E-state index is 11.8. The summed E-state index contributed by atoms with van der Waals surface area (Å²) in [5.41, 5.74) is 0.702. The summed E-state index contributed by atoms with van der Waals surface area (Å²) in [6, 6.07) is 11.1. The fraction of sp³-hybridized carbons (Fsp3) is 0.500. The van der Waals surface area contributed by atoms with Crippen molar-refractivity contribution in [1.82, 2.24) is 0 Å². The van der Waals surface area contributed by atoms with Crippen LogP contribution in [0.4, 0.5) is 0 Å². The summed E-state index contributed by atoms with van der Waals surface area (Å²) in [4.78, 5) is -0.282. The van der Waals surface area contributed by atoms with E-state index in [9.17, 15) is 18.1 Å². The highest BCUT2D eigenvalue weighted by Gasteiger charge is 2.21. The second-order valence-corrected chi connectivity index (χ2v) is 9.11. The molecule has 0 aliphatic carbocycles. The van der Waals surface area contributed by atoms with Gasteiger partial charge in [0.25, 0.3) is 10.1 Å². The Morgan fingerprint density at radius 2 is 1.40 bits per heavy atom. The molecule has 0 aliphatic rings. The number of hydrogen-bond acceptors (Lipinski definition) is 4. The van der Waals surface area contributed by atoms with E-state index in [4.69, 9.17) is 4.74 Å². The van der Waals surface area contributed by atoms with E-state index in [1.54, 1.807) is 30.3 Å². The smallest absolute Gasteiger partial charge is 0.298 e. The van der Waals surface area contributed by atoms with Gasteiger partial charge in [-0.1, -0.05) is 89.0 Å². The molecule has 5 nitrogen and oxygen atoms in total. The van der Waals surface area contributed by atoms with E-state index in [1.807, 2.05) is 0 Å². The Bertz CT molecular complexity index is 877. The molecule has 30 heavy (non-hydrogen) atoms. The van der Waals surface area contributed by atoms with Crippen molar-refractivity contribution in [3.63, 3.8) is 0 Å². The van der Waals surface area contributed by atoms with E-state index in [0.717, 1.165) is 19.3 Å². The van der Waals surface area contributed by atoms with Crippen molar-refractivity contribution in [3.8, 4) is 17.2 Å². The van der Waals surface area contributed by atoms with E-state index in [1.165, 1.54) is 57.1 Å². The van der Waals surface area contributed by atoms with Crippen LogP contribution < -0.4 is 4.74 Å². The third kappa shape index (κ3) is 8.00. The second-order valence-electron chi connectivity index (χ2n) is 7.72. The first kappa shape index (κ1) is 24.2. The minimum atomic E-state index is -4.45. The van der Waals surface area contributed by atoms with Gasteiger partial charge in [0.2, 0.25) is 0 Å². The first-order chi connectivity index (χ1) is 14.4. The highest BCUT2D eigenvalue weighted by molar-refractivity contribution is 7.86. The summed E-state index contributed by atoms with van der Waals surface area (Å²) in [5.74, 6) is 0.142. The van der Waals surface area contributed by atoms with Gasteiger partial charge < -0.3 is 9.84 Å². The lowest BCUT2D eigenvalue weighted by atomic mass is 10.0. The van der Waals surface area contributed by atoms with Crippen LogP contribution in [0, 0.1) is 0 Å². The largest absolute Gasteiger partial charge is 0.504 e. The lowest BCUT2D eigenvalue weighted by Crippen LogP contribution is -2.04. The van der Waals surface area contributed by atoms with Gasteiger partial charge in [0.15, 0.2) is 17.2 Å². The zero-order valence-electron chi connectivity index (χ0n) is 17.8. The molecule has 0 aromatic heterocycles. The Hall–Kier alpha value is -2.05. The summed E-state index contributed by atoms with van der Waals surface area (Å²) < 4.78 is 39.0. The minimum absolute atomic E-state index is 0.0809. The van der Waals surface area contributed by atoms with Gasteiger partial charge in [0, 0.05) is 0 Å². The molecule has 0 aliphatic heterocycles. The van der Waals surface area contributed by atoms with Crippen molar-refractivity contribution in [2.24, 2.45) is 0 Å². The van der Waals surface area contributed by atoms with E-state index in [0.29, 0.717) is 12.0 Å². The number of unbranched alkanes of at least 4 members (excludes halogenated alkanes) is 9. The summed E-state index contributed by atoms with van der Waals surface area (Å²) >= 11 is 0. The average molecular weight is 435 g/mol. The number of rotatable bonds is 14. The number of phenols is 1. The van der Waals surface area contributed by atoms with Gasteiger partial charge in [0.05, 0.1) is 0 Å². The molecule has 6 heteroatoms. The molecular formula is C24H34O5S. The minimum Gasteiger partial charge on any atom is -0.504 e. The monoisotopic (exact) mass is 434 g/mol. The highest BCUT2D eigenvalue weighted by Crippen LogP contribution is 2.37. The van der Waals surface area contributed by atoms with Crippen LogP contribution in [0.25, 0.3) is 0 Å². The molecule has 0 amide bonds. The summed E-state index contributed by atoms with van der Waals surface area (Å²) in [6.07, 6.45) is 12.8. The van der Waals surface area contributed by atoms with Crippen LogP contribution in [0.15, 0.2) is 47.4 Å². The molecule has 0 fully saturated rings. The van der Waals surface area contributed by atoms with E-state index in [-0.39, 0.29) is 22.1 Å². The molecule has 0 saturated carbocycles. The number of benzene rings is 2. The lowest BCUT2D eigenvalue weighted by Gasteiger charge is -2.15. The van der Waals surface area contributed by atoms with Gasteiger partial charge in [-0.05, 0) is 36.6 Å². The normalized spacial score (nSPS) is 11.5. The van der Waals surface area contributed by atoms with Crippen molar-refractivity contribution in [3.05, 3.63) is 48.0 Å². The van der Waals surface area contributed by atoms with Crippen LogP contribution in [-0.4, -0.2) is 18.1 Å². The Morgan fingerprint density at radius 3 is 2.00 bits per heavy atom. The van der Waals surface area contributed by atoms with Gasteiger partial charge >= 0.3 is 0 Å². The van der Waals surface area contributed by atoms with Crippen LogP contribution in [0.2, 0.25) is 0 Å². The molecule has 2 rings (SSSR count). The first-order valence-corrected chi connectivity index (χ1v) is 12.4. The molecule has 0 heterocycles. The van der Waals surface area contributed by atoms with Crippen LogP contribution in [0.1, 0.15) is 76.7 Å². The maximum Gasteiger partial charge on any atom is 0.298 e. The SMILES string of the molecule is CCCCCCCCCCCCc1cccc(S(=O)(=O)O)c1Oc1ccccc1O. The second kappa shape index (κ2) is 12.6. The fourth-order valence-electron chi connectivity index (χ4n) is 3.53. The van der Waals surface area contributed by atoms with Crippen molar-refractivity contribution in [2.75, 3.05) is 0 Å². The average Bonchev–Trinajstić information content (AvgIpc) is 2.71. The van der Waals surface area contributed by atoms with Gasteiger partial charge in [0.1, 0.15) is 4.90 Å². The van der Waals surface area contributed by atoms with Crippen LogP contribution in [0.3, 0.4) is 0 Å². The van der Waals surface area contributed by atoms with Gasteiger partial charge in [-0.15, -0.1) is 0 Å². The zero-order chi connectivity index (χ0) is 21.8. The highest BCUT2D eigenvalue weighted by atomic mass is 32.2. The molecule has 2 aromatic carbocycles. The van der Waals surface area contributed by atoms with Gasteiger partial charge in [-0.25, -0.2) is 0 Å². The fourth-order valence-corrected chi connectivity index (χ4v) is 4.19. The third-order valence-corrected chi connectivity index (χ3v) is 6.09. The van der Waals surface area contributed by atoms with Gasteiger partial charge in [-0.3, -0.25) is 4.55 Å². The molecule has 0 bridgehead atoms. The number of phenolic OH excluding ortho intramolecular Hbond substituents is 1. The Kier molecular flexibility index (Phi) is 10.2. The van der Waals surface area contributed by atoms with Crippen molar-refractivity contribution in [1.29, 1.82) is 0 Å². The molecule has 2 aromatic rings. The van der Waals surface area contributed by atoms with Crippen molar-refractivity contribution < 1.29 is 22.8 Å². The van der Waals surface area contributed by atoms with Crippen LogP contribution in [-0.2, 0) is 16.5 Å². The van der Waals surface area contributed by atoms with Crippen molar-refractivity contribution in [2.45, 2.75) is 82.4 Å². The van der Waals surface area contributed by atoms with E-state index < -0.39 is 10.1 Å². The Labute approximate surface area is 180 Å². The number of para-hydroxylation sites is 3. The summed E-state index contributed by atoms with van der Waals surface area (Å²) in [6.45, 7) is 2.23. The van der Waals surface area contributed by atoms with Crippen LogP contribution in [0.5, 0.6) is 17.2 Å². The number of aromatic hydroxyl groups is 1. The lowest BCUT2D eigenvalue weighted by molar-refractivity contribution is 0.398. The van der Waals surface area contributed by atoms with Crippen LogP contribution >= 0.6 is 0 Å². The molecule has 0 saturated heterocycles. The predicted molar refractivity (Wildman–Crippen MR) is 120 cm³/mol. The number of aryl methyl sites for hydroxylation is 1. The standard InChI is InChI=1S/C24H34O5S/c1-2-3-4-5-6-7-8-9-10-11-15-20-16-14-19-23(30(26,27)28)24(20)29-22-18-13-12-17-21(22)25/h12-14,16-19,25H,2-11,15H2,1H3,(H,26,27,28). The quantitative estimate of drug-likeness (QED) is 0.250. The Morgan fingerprint density at radius 1 is 0.800 bits per heavy atom. The topological polar surface area (TPSA) is 83.8 Å². The van der Waals surface area contributed by atoms with Gasteiger partial charge in [-0.2, -0.15) is 8.42 Å². The van der Waals surface area contributed by atoms with E-state index in [2.05, 4.69) is 6.92 Å². The first-order valence-electron chi connectivity index (χ1n) is 11.0. The summed E-state index contributed by atoms with van der Waals surface area (Å²) in [5, 5.41) is 9.98. The maximum absolute atomic E-state index is 11.8. The summed E-state index contributed by atoms with van der Waals surface area (Å²) in [7, 11) is -4.45. The molecule has 0 spiro atoms. The molecule has 0 atom stereocenters. The molecular weight excluding hydrogens is 400 g/mol. The molecule has 0 radical (unpaired) electrons. The third-order valence-electron chi connectivity index (χ3n) is 5.22. The molecule has 0 unspecified atom stereocenters. The Balaban J connectivity index is 1.95. The van der Waals surface area contributed by atoms with Crippen molar-refractivity contribution >= 4 is 10.1 Å². The predicted octanol–water partition coefficient (Wildman–Crippen LogP) is 6.89. The number of ether oxygens (including phenoxy) is 1. The molecule has 166 valence electrons.